The number of aryl methyl sites for hydroxylation is 1. The second kappa shape index (κ2) is 9.06. The monoisotopic (exact) mass is 498 g/mol. The highest BCUT2D eigenvalue weighted by molar-refractivity contribution is 5.96. The van der Waals surface area contributed by atoms with Gasteiger partial charge in [0.15, 0.2) is 17.5 Å². The van der Waals surface area contributed by atoms with Gasteiger partial charge < -0.3 is 15.4 Å². The van der Waals surface area contributed by atoms with Crippen LogP contribution in [0.2, 0.25) is 0 Å². The highest BCUT2D eigenvalue weighted by Gasteiger charge is 2.21. The third-order valence-electron chi connectivity index (χ3n) is 6.01. The molecular formula is C25H23FN10O. The molecule has 0 amide bonds. The molecule has 37 heavy (non-hydrogen) atoms. The van der Waals surface area contributed by atoms with Gasteiger partial charge in [0.05, 0.1) is 40.2 Å². The van der Waals surface area contributed by atoms with Crippen molar-refractivity contribution < 1.29 is 9.50 Å². The van der Waals surface area contributed by atoms with Crippen LogP contribution in [0.3, 0.4) is 0 Å². The van der Waals surface area contributed by atoms with Crippen LogP contribution in [0.4, 0.5) is 10.1 Å². The lowest BCUT2D eigenvalue weighted by Gasteiger charge is -2.13. The fourth-order valence-electron chi connectivity index (χ4n) is 4.29. The largest absolute Gasteiger partial charge is 0.374 e. The number of aromatic nitrogens is 9. The van der Waals surface area contributed by atoms with Gasteiger partial charge in [0.1, 0.15) is 29.5 Å². The van der Waals surface area contributed by atoms with E-state index < -0.39 is 12.0 Å². The van der Waals surface area contributed by atoms with E-state index in [1.54, 1.807) is 35.4 Å². The first-order chi connectivity index (χ1) is 18.0. The Bertz CT molecular complexity index is 1740. The Labute approximate surface area is 209 Å². The number of anilines is 1. The lowest BCUT2D eigenvalue weighted by molar-refractivity contribution is 0.192. The normalized spacial score (nSPS) is 12.4. The van der Waals surface area contributed by atoms with E-state index in [4.69, 9.17) is 4.98 Å². The number of H-pyrrole nitrogens is 2. The van der Waals surface area contributed by atoms with E-state index in [0.717, 1.165) is 17.6 Å². The van der Waals surface area contributed by atoms with E-state index in [1.165, 1.54) is 12.4 Å². The van der Waals surface area contributed by atoms with Crippen molar-refractivity contribution in [2.75, 3.05) is 5.32 Å². The zero-order valence-corrected chi connectivity index (χ0v) is 20.1. The van der Waals surface area contributed by atoms with Crippen molar-refractivity contribution in [3.8, 4) is 28.6 Å². The smallest absolute Gasteiger partial charge is 0.166 e. The minimum Gasteiger partial charge on any atom is -0.374 e. The molecule has 0 radical (unpaired) electrons. The van der Waals surface area contributed by atoms with Gasteiger partial charge in [0.25, 0.3) is 0 Å². The standard InChI is InChI=1S/C25H23FN10O/c1-3-4-18(37)31-15-7-14(8-27-9-15)21-20(26)19-17(10-29-21)34-35-23(19)24-32-16-5-6-28-25(22(16)33-24)36-11-13(2)30-12-36/h5-12,18,31,37H,3-4H2,1-2H3,(H,32,33)(H,34,35). The Morgan fingerprint density at radius 2 is 2.03 bits per heavy atom. The summed E-state index contributed by atoms with van der Waals surface area (Å²) >= 11 is 0. The van der Waals surface area contributed by atoms with Crippen LogP contribution < -0.4 is 5.32 Å². The number of aliphatic hydroxyl groups is 1. The average molecular weight is 499 g/mol. The number of aromatic amines is 2. The molecule has 0 aliphatic heterocycles. The lowest BCUT2D eigenvalue weighted by atomic mass is 10.1. The third kappa shape index (κ3) is 4.06. The molecule has 0 spiro atoms. The quantitative estimate of drug-likeness (QED) is 0.240. The Morgan fingerprint density at radius 3 is 2.84 bits per heavy atom. The van der Waals surface area contributed by atoms with E-state index in [1.807, 2.05) is 20.0 Å². The van der Waals surface area contributed by atoms with E-state index in [0.29, 0.717) is 46.0 Å². The molecule has 186 valence electrons. The van der Waals surface area contributed by atoms with Crippen molar-refractivity contribution in [3.63, 3.8) is 0 Å². The third-order valence-corrected chi connectivity index (χ3v) is 6.01. The first-order valence-electron chi connectivity index (χ1n) is 11.8. The van der Waals surface area contributed by atoms with Crippen LogP contribution in [0.5, 0.6) is 0 Å². The lowest BCUT2D eigenvalue weighted by Crippen LogP contribution is -2.18. The molecule has 4 N–H and O–H groups in total. The van der Waals surface area contributed by atoms with Gasteiger partial charge in [0, 0.05) is 24.2 Å². The SMILES string of the molecule is CCCC(O)Nc1cncc(-c2ncc3[nH]nc(-c4nc5c(-n6cnc(C)c6)nccc5[nH]4)c3c2F)c1. The zero-order valence-electron chi connectivity index (χ0n) is 20.1. The van der Waals surface area contributed by atoms with Gasteiger partial charge in [-0.05, 0) is 25.5 Å². The highest BCUT2D eigenvalue weighted by atomic mass is 19.1. The molecule has 0 saturated carbocycles. The summed E-state index contributed by atoms with van der Waals surface area (Å²) in [5.41, 5.74) is 4.08. The fraction of sp³-hybridized carbons (Fsp3) is 0.200. The van der Waals surface area contributed by atoms with Crippen molar-refractivity contribution in [2.45, 2.75) is 32.9 Å². The summed E-state index contributed by atoms with van der Waals surface area (Å²) in [6.45, 7) is 3.88. The summed E-state index contributed by atoms with van der Waals surface area (Å²) in [5, 5.41) is 20.5. The van der Waals surface area contributed by atoms with Crippen molar-refractivity contribution in [1.29, 1.82) is 0 Å². The average Bonchev–Trinajstić information content (AvgIpc) is 3.62. The number of rotatable bonds is 7. The topological polar surface area (TPSA) is 146 Å². The summed E-state index contributed by atoms with van der Waals surface area (Å²) in [6.07, 6.45) is 10.5. The van der Waals surface area contributed by atoms with Crippen LogP contribution in [0.25, 0.3) is 50.5 Å². The Hall–Kier alpha value is -4.71. The number of imidazole rings is 2. The van der Waals surface area contributed by atoms with E-state index in [-0.39, 0.29) is 11.1 Å². The molecule has 0 bridgehead atoms. The highest BCUT2D eigenvalue weighted by Crippen LogP contribution is 2.33. The second-order valence-electron chi connectivity index (χ2n) is 8.73. The molecule has 6 aromatic rings. The van der Waals surface area contributed by atoms with Gasteiger partial charge in [-0.25, -0.2) is 19.3 Å². The maximum Gasteiger partial charge on any atom is 0.166 e. The van der Waals surface area contributed by atoms with E-state index >= 15 is 4.39 Å². The van der Waals surface area contributed by atoms with E-state index in [9.17, 15) is 5.11 Å². The molecule has 6 heterocycles. The molecule has 11 nitrogen and oxygen atoms in total. The van der Waals surface area contributed by atoms with Crippen molar-refractivity contribution in [2.24, 2.45) is 0 Å². The molecule has 12 heteroatoms. The number of pyridine rings is 3. The van der Waals surface area contributed by atoms with Crippen LogP contribution in [0.15, 0.2) is 49.4 Å². The second-order valence-corrected chi connectivity index (χ2v) is 8.73. The van der Waals surface area contributed by atoms with Crippen LogP contribution >= 0.6 is 0 Å². The molecule has 6 aromatic heterocycles. The summed E-state index contributed by atoms with van der Waals surface area (Å²) in [5.74, 6) is 0.432. The van der Waals surface area contributed by atoms with Gasteiger partial charge in [-0.1, -0.05) is 13.3 Å². The first-order valence-corrected chi connectivity index (χ1v) is 11.8. The summed E-state index contributed by atoms with van der Waals surface area (Å²) < 4.78 is 17.8. The zero-order chi connectivity index (χ0) is 25.5. The molecule has 0 fully saturated rings. The number of aliphatic hydroxyl groups excluding tert-OH is 1. The van der Waals surface area contributed by atoms with Crippen molar-refractivity contribution in [3.05, 3.63) is 61.0 Å². The summed E-state index contributed by atoms with van der Waals surface area (Å²) in [4.78, 5) is 25.2. The molecular weight excluding hydrogens is 475 g/mol. The number of hydrogen-bond acceptors (Lipinski definition) is 8. The Kier molecular flexibility index (Phi) is 5.57. The van der Waals surface area contributed by atoms with Crippen LogP contribution in [0, 0.1) is 12.7 Å². The minimum atomic E-state index is -0.721. The van der Waals surface area contributed by atoms with Gasteiger partial charge >= 0.3 is 0 Å². The van der Waals surface area contributed by atoms with Crippen molar-refractivity contribution >= 4 is 27.6 Å². The fourth-order valence-corrected chi connectivity index (χ4v) is 4.29. The Balaban J connectivity index is 1.44. The van der Waals surface area contributed by atoms with Crippen LogP contribution in [0.1, 0.15) is 25.5 Å². The number of hydrogen-bond donors (Lipinski definition) is 4. The summed E-state index contributed by atoms with van der Waals surface area (Å²) in [6, 6.07) is 3.50. The number of nitrogens with one attached hydrogen (secondary N) is 3. The molecule has 1 atom stereocenters. The maximum atomic E-state index is 16.0. The Morgan fingerprint density at radius 1 is 1.14 bits per heavy atom. The molecule has 0 aromatic carbocycles. The number of halogens is 1. The molecule has 0 saturated heterocycles. The predicted molar refractivity (Wildman–Crippen MR) is 136 cm³/mol. The molecule has 0 aliphatic carbocycles. The van der Waals surface area contributed by atoms with Gasteiger partial charge in [-0.15, -0.1) is 0 Å². The minimum absolute atomic E-state index is 0.114. The first kappa shape index (κ1) is 22.7. The van der Waals surface area contributed by atoms with Crippen LogP contribution in [-0.2, 0) is 0 Å². The van der Waals surface area contributed by atoms with Crippen molar-refractivity contribution in [1.82, 2.24) is 44.7 Å². The van der Waals surface area contributed by atoms with Gasteiger partial charge in [0.2, 0.25) is 0 Å². The maximum absolute atomic E-state index is 16.0. The van der Waals surface area contributed by atoms with Gasteiger partial charge in [-0.2, -0.15) is 5.10 Å². The molecule has 1 unspecified atom stereocenters. The number of fused-ring (bicyclic) bond motifs is 2. The molecule has 6 rings (SSSR count). The predicted octanol–water partition coefficient (Wildman–Crippen LogP) is 4.12. The number of nitrogens with zero attached hydrogens (tertiary/aromatic N) is 7. The summed E-state index contributed by atoms with van der Waals surface area (Å²) in [7, 11) is 0. The molecule has 0 aliphatic rings. The van der Waals surface area contributed by atoms with Gasteiger partial charge in [-0.3, -0.25) is 19.6 Å². The van der Waals surface area contributed by atoms with E-state index in [2.05, 4.69) is 40.4 Å². The van der Waals surface area contributed by atoms with Crippen LogP contribution in [-0.4, -0.2) is 56.0 Å².